The number of amides is 3. The van der Waals surface area contributed by atoms with Crippen LogP contribution >= 0.6 is 0 Å². The van der Waals surface area contributed by atoms with Crippen molar-refractivity contribution in [2.45, 2.75) is 72.0 Å². The van der Waals surface area contributed by atoms with Crippen LogP contribution in [-0.4, -0.2) is 76.9 Å². The van der Waals surface area contributed by atoms with Crippen molar-refractivity contribution in [2.75, 3.05) is 26.3 Å². The number of Topliss-reactive ketones (excluding diaryl/α,β-unsaturated/α-hetero) is 1. The van der Waals surface area contributed by atoms with E-state index in [1.165, 1.54) is 4.68 Å². The van der Waals surface area contributed by atoms with Gasteiger partial charge in [-0.05, 0) is 0 Å². The van der Waals surface area contributed by atoms with Gasteiger partial charge in [0.25, 0.3) is 0 Å². The van der Waals surface area contributed by atoms with Crippen LogP contribution in [0, 0.1) is 5.92 Å². The zero-order chi connectivity index (χ0) is 25.5. The third-order valence-electron chi connectivity index (χ3n) is 4.86. The zero-order valence-corrected chi connectivity index (χ0v) is 20.6. The number of nitrogens with zero attached hydrogens (tertiary/aromatic N) is 3. The first kappa shape index (κ1) is 29.2. The first-order valence-electron chi connectivity index (χ1n) is 11.7. The standard InChI is InChI=1S/C22H39N7O5/c1-15(2)19(30)6-10-29-14-17(27-28-29)13-18(22(23)33)26-21(32)7-11-34-12-9-25-20(31)5-8-24-16(3)4/h14-16,18,24H,5-13H2,1-4H3,(H2,23,33)(H,25,31)(H,26,32). The largest absolute Gasteiger partial charge is 0.379 e. The number of hydrogen-bond donors (Lipinski definition) is 4. The lowest BCUT2D eigenvalue weighted by atomic mass is 10.1. The van der Waals surface area contributed by atoms with Gasteiger partial charge in [0.2, 0.25) is 17.7 Å². The molecule has 0 spiro atoms. The fourth-order valence-electron chi connectivity index (χ4n) is 2.85. The summed E-state index contributed by atoms with van der Waals surface area (Å²) in [4.78, 5) is 47.3. The fourth-order valence-corrected chi connectivity index (χ4v) is 2.85. The Balaban J connectivity index is 2.28. The van der Waals surface area contributed by atoms with Gasteiger partial charge in [-0.2, -0.15) is 0 Å². The van der Waals surface area contributed by atoms with Crippen molar-refractivity contribution in [1.29, 1.82) is 0 Å². The predicted octanol–water partition coefficient (Wildman–Crippen LogP) is -0.683. The maximum atomic E-state index is 12.2. The van der Waals surface area contributed by atoms with E-state index in [2.05, 4.69) is 26.3 Å². The van der Waals surface area contributed by atoms with Gasteiger partial charge in [-0.3, -0.25) is 23.9 Å². The van der Waals surface area contributed by atoms with Crippen LogP contribution in [0.2, 0.25) is 0 Å². The predicted molar refractivity (Wildman–Crippen MR) is 126 cm³/mol. The smallest absolute Gasteiger partial charge is 0.240 e. The second kappa shape index (κ2) is 15.9. The molecule has 3 amide bonds. The van der Waals surface area contributed by atoms with E-state index in [1.54, 1.807) is 6.20 Å². The molecule has 0 radical (unpaired) electrons. The lowest BCUT2D eigenvalue weighted by Gasteiger charge is -2.14. The van der Waals surface area contributed by atoms with Gasteiger partial charge in [-0.15, -0.1) is 5.10 Å². The first-order valence-corrected chi connectivity index (χ1v) is 11.7. The van der Waals surface area contributed by atoms with Gasteiger partial charge in [-0.1, -0.05) is 32.9 Å². The van der Waals surface area contributed by atoms with Crippen LogP contribution in [0.3, 0.4) is 0 Å². The molecule has 12 nitrogen and oxygen atoms in total. The molecule has 1 aromatic rings. The number of nitrogens with one attached hydrogen (secondary N) is 3. The Morgan fingerprint density at radius 3 is 2.41 bits per heavy atom. The number of carbonyl (C=O) groups excluding carboxylic acids is 4. The number of carbonyl (C=O) groups is 4. The Labute approximate surface area is 200 Å². The molecule has 0 fully saturated rings. The Bertz CT molecular complexity index is 794. The highest BCUT2D eigenvalue weighted by Gasteiger charge is 2.20. The molecule has 0 bridgehead atoms. The summed E-state index contributed by atoms with van der Waals surface area (Å²) in [6, 6.07) is -0.606. The summed E-state index contributed by atoms with van der Waals surface area (Å²) in [6.45, 7) is 9.48. The fraction of sp³-hybridized carbons (Fsp3) is 0.727. The molecule has 1 atom stereocenters. The highest BCUT2D eigenvalue weighted by molar-refractivity contribution is 5.86. The van der Waals surface area contributed by atoms with Crippen LogP contribution in [0.25, 0.3) is 0 Å². The van der Waals surface area contributed by atoms with Crippen molar-refractivity contribution in [2.24, 2.45) is 11.7 Å². The number of aromatic nitrogens is 3. The van der Waals surface area contributed by atoms with Gasteiger partial charge >= 0.3 is 0 Å². The van der Waals surface area contributed by atoms with E-state index in [0.717, 1.165) is 0 Å². The van der Waals surface area contributed by atoms with Crippen molar-refractivity contribution in [3.8, 4) is 0 Å². The summed E-state index contributed by atoms with van der Waals surface area (Å²) in [5.41, 5.74) is 5.90. The summed E-state index contributed by atoms with van der Waals surface area (Å²) in [6.07, 6.45) is 2.50. The van der Waals surface area contributed by atoms with Crippen molar-refractivity contribution in [3.63, 3.8) is 0 Å². The minimum Gasteiger partial charge on any atom is -0.379 e. The van der Waals surface area contributed by atoms with Crippen molar-refractivity contribution < 1.29 is 23.9 Å². The van der Waals surface area contributed by atoms with E-state index in [-0.39, 0.29) is 49.6 Å². The molecule has 34 heavy (non-hydrogen) atoms. The van der Waals surface area contributed by atoms with Crippen molar-refractivity contribution in [1.82, 2.24) is 30.9 Å². The number of aryl methyl sites for hydroxylation is 1. The average molecular weight is 482 g/mol. The zero-order valence-electron chi connectivity index (χ0n) is 20.6. The first-order chi connectivity index (χ1) is 16.1. The average Bonchev–Trinajstić information content (AvgIpc) is 3.20. The minimum atomic E-state index is -0.936. The maximum absolute atomic E-state index is 12.2. The summed E-state index contributed by atoms with van der Waals surface area (Å²) in [7, 11) is 0. The SMILES string of the molecule is CC(C)NCCC(=O)NCCOCCC(=O)NC(Cc1cn(CCC(=O)C(C)C)nn1)C(N)=O. The van der Waals surface area contributed by atoms with E-state index in [9.17, 15) is 19.2 Å². The number of rotatable bonds is 18. The molecule has 1 rings (SSSR count). The van der Waals surface area contributed by atoms with Crippen molar-refractivity contribution in [3.05, 3.63) is 11.9 Å². The van der Waals surface area contributed by atoms with Gasteiger partial charge in [0.15, 0.2) is 0 Å². The Hall–Kier alpha value is -2.86. The Morgan fingerprint density at radius 2 is 1.76 bits per heavy atom. The molecule has 0 saturated carbocycles. The molecular weight excluding hydrogens is 442 g/mol. The van der Waals surface area contributed by atoms with Crippen LogP contribution < -0.4 is 21.7 Å². The van der Waals surface area contributed by atoms with Crippen LogP contribution in [0.4, 0.5) is 0 Å². The van der Waals surface area contributed by atoms with E-state index >= 15 is 0 Å². The van der Waals surface area contributed by atoms with Crippen LogP contribution in [0.1, 0.15) is 52.7 Å². The molecule has 5 N–H and O–H groups in total. The summed E-state index contributed by atoms with van der Waals surface area (Å²) < 4.78 is 6.89. The molecule has 0 aliphatic rings. The summed E-state index contributed by atoms with van der Waals surface area (Å²) >= 11 is 0. The van der Waals surface area contributed by atoms with Gasteiger partial charge in [0.05, 0.1) is 18.9 Å². The van der Waals surface area contributed by atoms with E-state index in [4.69, 9.17) is 10.5 Å². The normalized spacial score (nSPS) is 12.1. The molecule has 1 aromatic heterocycles. The van der Waals surface area contributed by atoms with Crippen LogP contribution in [0.5, 0.6) is 0 Å². The molecule has 12 heteroatoms. The monoisotopic (exact) mass is 481 g/mol. The summed E-state index contributed by atoms with van der Waals surface area (Å²) in [5.74, 6) is -1.06. The van der Waals surface area contributed by atoms with Gasteiger partial charge in [0.1, 0.15) is 11.8 Å². The molecule has 0 aliphatic heterocycles. The van der Waals surface area contributed by atoms with Crippen LogP contribution in [0.15, 0.2) is 6.20 Å². The third kappa shape index (κ3) is 13.0. The Kier molecular flexibility index (Phi) is 13.6. The van der Waals surface area contributed by atoms with E-state index in [0.29, 0.717) is 44.2 Å². The Morgan fingerprint density at radius 1 is 1.03 bits per heavy atom. The maximum Gasteiger partial charge on any atom is 0.240 e. The second-order valence-corrected chi connectivity index (χ2v) is 8.64. The topological polar surface area (TPSA) is 170 Å². The van der Waals surface area contributed by atoms with Crippen molar-refractivity contribution >= 4 is 23.5 Å². The van der Waals surface area contributed by atoms with Gasteiger partial charge in [-0.25, -0.2) is 0 Å². The number of primary amides is 1. The number of ketones is 1. The van der Waals surface area contributed by atoms with Gasteiger partial charge < -0.3 is 26.4 Å². The summed E-state index contributed by atoms with van der Waals surface area (Å²) in [5, 5.41) is 16.4. The van der Waals surface area contributed by atoms with Gasteiger partial charge in [0, 0.05) is 63.5 Å². The third-order valence-corrected chi connectivity index (χ3v) is 4.86. The molecule has 1 unspecified atom stereocenters. The van der Waals surface area contributed by atoms with E-state index < -0.39 is 11.9 Å². The number of ether oxygens (including phenoxy) is 1. The molecule has 0 saturated heterocycles. The molecule has 192 valence electrons. The quantitative estimate of drug-likeness (QED) is 0.200. The molecule has 1 heterocycles. The highest BCUT2D eigenvalue weighted by atomic mass is 16.5. The lowest BCUT2D eigenvalue weighted by Crippen LogP contribution is -2.46. The highest BCUT2D eigenvalue weighted by Crippen LogP contribution is 2.04. The molecule has 0 aliphatic carbocycles. The number of hydrogen-bond acceptors (Lipinski definition) is 8. The molecular formula is C22H39N7O5. The van der Waals surface area contributed by atoms with Crippen LogP contribution in [-0.2, 0) is 36.9 Å². The van der Waals surface area contributed by atoms with E-state index in [1.807, 2.05) is 27.7 Å². The minimum absolute atomic E-state index is 0.0417. The lowest BCUT2D eigenvalue weighted by molar-refractivity contribution is -0.128. The second-order valence-electron chi connectivity index (χ2n) is 8.64. The number of nitrogens with two attached hydrogens (primary N) is 1. The molecule has 0 aromatic carbocycles.